The average molecular weight is 295 g/mol. The van der Waals surface area contributed by atoms with E-state index in [4.69, 9.17) is 0 Å². The van der Waals surface area contributed by atoms with Crippen LogP contribution in [0.2, 0.25) is 0 Å². The number of hydrogen-bond acceptors (Lipinski definition) is 4. The highest BCUT2D eigenvalue weighted by atomic mass is 32.1. The van der Waals surface area contributed by atoms with Gasteiger partial charge in [-0.1, -0.05) is 18.2 Å². The van der Waals surface area contributed by atoms with Crippen LogP contribution in [-0.2, 0) is 6.54 Å². The molecule has 0 aliphatic heterocycles. The molecule has 1 saturated carbocycles. The number of thiazole rings is 1. The van der Waals surface area contributed by atoms with E-state index in [9.17, 15) is 0 Å². The molecular formula is C17H17N3S. The molecule has 2 aromatic heterocycles. The van der Waals surface area contributed by atoms with Gasteiger partial charge in [0.25, 0.3) is 0 Å². The number of hydrogen-bond donors (Lipinski definition) is 1. The molecule has 4 heteroatoms. The predicted octanol–water partition coefficient (Wildman–Crippen LogP) is 3.92. The minimum absolute atomic E-state index is 0.736. The number of para-hydroxylation sites is 1. The summed E-state index contributed by atoms with van der Waals surface area (Å²) in [5.74, 6) is 0. The van der Waals surface area contributed by atoms with E-state index in [0.717, 1.165) is 28.8 Å². The molecule has 2 heterocycles. The zero-order valence-electron chi connectivity index (χ0n) is 12.0. The molecule has 0 spiro atoms. The number of aryl methyl sites for hydroxylation is 1. The molecule has 1 aliphatic carbocycles. The van der Waals surface area contributed by atoms with Crippen molar-refractivity contribution in [1.29, 1.82) is 0 Å². The lowest BCUT2D eigenvalue weighted by molar-refractivity contribution is 0.694. The quantitative estimate of drug-likeness (QED) is 0.793. The van der Waals surface area contributed by atoms with Gasteiger partial charge in [0, 0.05) is 40.3 Å². The zero-order chi connectivity index (χ0) is 14.2. The van der Waals surface area contributed by atoms with Crippen molar-refractivity contribution >= 4 is 22.2 Å². The maximum atomic E-state index is 4.63. The lowest BCUT2D eigenvalue weighted by Gasteiger charge is -2.05. The van der Waals surface area contributed by atoms with Crippen LogP contribution < -0.4 is 5.32 Å². The lowest BCUT2D eigenvalue weighted by atomic mass is 10.1. The van der Waals surface area contributed by atoms with Gasteiger partial charge in [0.05, 0.1) is 5.52 Å². The number of pyridine rings is 1. The summed E-state index contributed by atoms with van der Waals surface area (Å²) >= 11 is 1.78. The number of benzene rings is 1. The van der Waals surface area contributed by atoms with Gasteiger partial charge in [-0.2, -0.15) is 0 Å². The van der Waals surface area contributed by atoms with Gasteiger partial charge < -0.3 is 5.32 Å². The summed E-state index contributed by atoms with van der Waals surface area (Å²) in [6.07, 6.45) is 4.64. The number of nitrogens with zero attached hydrogens (tertiary/aromatic N) is 2. The fourth-order valence-corrected chi connectivity index (χ4v) is 3.42. The molecule has 0 saturated heterocycles. The molecule has 106 valence electrons. The predicted molar refractivity (Wildman–Crippen MR) is 87.4 cm³/mol. The van der Waals surface area contributed by atoms with Gasteiger partial charge in [0.1, 0.15) is 5.01 Å². The van der Waals surface area contributed by atoms with E-state index in [0.29, 0.717) is 0 Å². The van der Waals surface area contributed by atoms with Gasteiger partial charge in [-0.3, -0.25) is 4.98 Å². The van der Waals surface area contributed by atoms with E-state index in [-0.39, 0.29) is 0 Å². The smallest absolute Gasteiger partial charge is 0.124 e. The normalized spacial score (nSPS) is 14.7. The van der Waals surface area contributed by atoms with E-state index < -0.39 is 0 Å². The Balaban J connectivity index is 1.71. The Kier molecular flexibility index (Phi) is 3.20. The largest absolute Gasteiger partial charge is 0.309 e. The van der Waals surface area contributed by atoms with Crippen LogP contribution in [0, 0.1) is 6.92 Å². The first kappa shape index (κ1) is 12.9. The highest BCUT2D eigenvalue weighted by Crippen LogP contribution is 2.32. The maximum absolute atomic E-state index is 4.63. The second-order valence-electron chi connectivity index (χ2n) is 5.62. The summed E-state index contributed by atoms with van der Waals surface area (Å²) in [5, 5.41) is 5.81. The third kappa shape index (κ3) is 2.69. The monoisotopic (exact) mass is 295 g/mol. The Bertz CT molecular complexity index is 790. The first-order valence-electron chi connectivity index (χ1n) is 7.34. The van der Waals surface area contributed by atoms with Crippen molar-refractivity contribution in [3.8, 4) is 10.6 Å². The summed E-state index contributed by atoms with van der Waals surface area (Å²) in [5.41, 5.74) is 3.28. The van der Waals surface area contributed by atoms with E-state index in [2.05, 4.69) is 39.6 Å². The van der Waals surface area contributed by atoms with Gasteiger partial charge in [0.15, 0.2) is 0 Å². The summed E-state index contributed by atoms with van der Waals surface area (Å²) in [6.45, 7) is 2.98. The molecule has 0 atom stereocenters. The Hall–Kier alpha value is -1.78. The molecule has 1 aliphatic rings. The highest BCUT2D eigenvalue weighted by molar-refractivity contribution is 7.15. The fraction of sp³-hybridized carbons (Fsp3) is 0.294. The van der Waals surface area contributed by atoms with Crippen molar-refractivity contribution in [3.63, 3.8) is 0 Å². The van der Waals surface area contributed by atoms with Crippen LogP contribution in [0.1, 0.15) is 23.4 Å². The summed E-state index contributed by atoms with van der Waals surface area (Å²) in [6, 6.07) is 11.2. The molecular weight excluding hydrogens is 278 g/mol. The van der Waals surface area contributed by atoms with Crippen LogP contribution in [0.3, 0.4) is 0 Å². The first-order chi connectivity index (χ1) is 10.3. The van der Waals surface area contributed by atoms with Gasteiger partial charge in [0.2, 0.25) is 0 Å². The first-order valence-corrected chi connectivity index (χ1v) is 8.16. The van der Waals surface area contributed by atoms with E-state index >= 15 is 0 Å². The van der Waals surface area contributed by atoms with Crippen molar-refractivity contribution in [2.45, 2.75) is 32.4 Å². The molecule has 1 fully saturated rings. The summed E-state index contributed by atoms with van der Waals surface area (Å²) < 4.78 is 0. The summed E-state index contributed by atoms with van der Waals surface area (Å²) in [7, 11) is 0. The average Bonchev–Trinajstić information content (AvgIpc) is 3.21. The number of fused-ring (bicyclic) bond motifs is 1. The van der Waals surface area contributed by atoms with Crippen LogP contribution in [0.4, 0.5) is 0 Å². The van der Waals surface area contributed by atoms with Crippen molar-refractivity contribution in [2.75, 3.05) is 0 Å². The van der Waals surface area contributed by atoms with Crippen molar-refractivity contribution in [3.05, 3.63) is 47.1 Å². The third-order valence-electron chi connectivity index (χ3n) is 3.77. The van der Waals surface area contributed by atoms with Crippen LogP contribution >= 0.6 is 11.3 Å². The molecule has 1 N–H and O–H groups in total. The van der Waals surface area contributed by atoms with Gasteiger partial charge in [-0.15, -0.1) is 11.3 Å². The summed E-state index contributed by atoms with van der Waals surface area (Å²) in [4.78, 5) is 10.5. The fourth-order valence-electron chi connectivity index (χ4n) is 2.53. The highest BCUT2D eigenvalue weighted by Gasteiger charge is 2.20. The molecule has 3 aromatic rings. The Morgan fingerprint density at radius 2 is 2.14 bits per heavy atom. The zero-order valence-corrected chi connectivity index (χ0v) is 12.8. The molecule has 0 radical (unpaired) electrons. The number of nitrogens with one attached hydrogen (secondary N) is 1. The Morgan fingerprint density at radius 1 is 1.29 bits per heavy atom. The Labute approximate surface area is 128 Å². The number of rotatable bonds is 4. The second-order valence-corrected chi connectivity index (χ2v) is 6.73. The molecule has 3 nitrogen and oxygen atoms in total. The topological polar surface area (TPSA) is 37.8 Å². The van der Waals surface area contributed by atoms with Crippen molar-refractivity contribution in [2.24, 2.45) is 0 Å². The molecule has 21 heavy (non-hydrogen) atoms. The standard InChI is InChI=1S/C17H17N3S/c1-11-8-15(14-4-2-3-5-16(14)20-11)17-19-10-13(21-17)9-18-12-6-7-12/h2-5,8,10,12,18H,6-7,9H2,1H3. The van der Waals surface area contributed by atoms with Gasteiger partial charge in [-0.05, 0) is 31.9 Å². The second kappa shape index (κ2) is 5.20. The van der Waals surface area contributed by atoms with Crippen molar-refractivity contribution < 1.29 is 0 Å². The van der Waals surface area contributed by atoms with Crippen LogP contribution in [0.15, 0.2) is 36.5 Å². The van der Waals surface area contributed by atoms with Gasteiger partial charge in [-0.25, -0.2) is 4.98 Å². The SMILES string of the molecule is Cc1cc(-c2ncc(CNC3CC3)s2)c2ccccc2n1. The lowest BCUT2D eigenvalue weighted by Crippen LogP contribution is -2.14. The van der Waals surface area contributed by atoms with E-state index in [1.165, 1.54) is 28.7 Å². The maximum Gasteiger partial charge on any atom is 0.124 e. The molecule has 0 amide bonds. The van der Waals surface area contributed by atoms with Crippen molar-refractivity contribution in [1.82, 2.24) is 15.3 Å². The molecule has 1 aromatic carbocycles. The van der Waals surface area contributed by atoms with Crippen LogP contribution in [-0.4, -0.2) is 16.0 Å². The third-order valence-corrected chi connectivity index (χ3v) is 4.80. The molecule has 0 bridgehead atoms. The van der Waals surface area contributed by atoms with E-state index in [1.54, 1.807) is 11.3 Å². The van der Waals surface area contributed by atoms with E-state index in [1.807, 2.05) is 19.2 Å². The molecule has 4 rings (SSSR count). The molecule has 0 unspecified atom stereocenters. The van der Waals surface area contributed by atoms with Crippen LogP contribution in [0.5, 0.6) is 0 Å². The minimum Gasteiger partial charge on any atom is -0.309 e. The Morgan fingerprint density at radius 3 is 3.00 bits per heavy atom. The van der Waals surface area contributed by atoms with Gasteiger partial charge >= 0.3 is 0 Å². The minimum atomic E-state index is 0.736. The van der Waals surface area contributed by atoms with Crippen LogP contribution in [0.25, 0.3) is 21.5 Å². The number of aromatic nitrogens is 2.